The molecule has 3 amide bonds. The Balaban J connectivity index is 1.65. The standard InChI is InChI=1S/C17H18N2O4/c1-12-5-3-6-13(11-12)22-10-8-19-15(20)17(2,18-16(19)21)14-7-4-9-23-14/h3-7,9,11H,8,10H2,1-2H3,(H,18,21). The molecule has 2 aromatic rings. The summed E-state index contributed by atoms with van der Waals surface area (Å²) in [5, 5.41) is 2.68. The summed E-state index contributed by atoms with van der Waals surface area (Å²) in [5.74, 6) is 0.786. The zero-order valence-corrected chi connectivity index (χ0v) is 13.0. The lowest BCUT2D eigenvalue weighted by molar-refractivity contribution is -0.131. The summed E-state index contributed by atoms with van der Waals surface area (Å²) in [6, 6.07) is 10.5. The minimum absolute atomic E-state index is 0.176. The summed E-state index contributed by atoms with van der Waals surface area (Å²) in [5.41, 5.74) is -0.0768. The molecule has 0 radical (unpaired) electrons. The van der Waals surface area contributed by atoms with Crippen molar-refractivity contribution in [1.82, 2.24) is 10.2 Å². The first kappa shape index (κ1) is 15.1. The second-order valence-electron chi connectivity index (χ2n) is 5.65. The second kappa shape index (κ2) is 5.79. The number of urea groups is 1. The first-order valence-electron chi connectivity index (χ1n) is 7.38. The molecular formula is C17H18N2O4. The minimum atomic E-state index is -1.16. The van der Waals surface area contributed by atoms with Gasteiger partial charge in [0.2, 0.25) is 0 Å². The number of aryl methyl sites for hydroxylation is 1. The number of imide groups is 1. The van der Waals surface area contributed by atoms with Crippen molar-refractivity contribution in [1.29, 1.82) is 0 Å². The quantitative estimate of drug-likeness (QED) is 0.860. The van der Waals surface area contributed by atoms with E-state index in [1.165, 1.54) is 6.26 Å². The number of hydrogen-bond acceptors (Lipinski definition) is 4. The molecule has 1 unspecified atom stereocenters. The van der Waals surface area contributed by atoms with Gasteiger partial charge in [0.1, 0.15) is 18.1 Å². The van der Waals surface area contributed by atoms with Crippen molar-refractivity contribution in [2.45, 2.75) is 19.4 Å². The fraction of sp³-hybridized carbons (Fsp3) is 0.294. The summed E-state index contributed by atoms with van der Waals surface area (Å²) in [4.78, 5) is 25.8. The molecule has 1 aromatic carbocycles. The van der Waals surface area contributed by atoms with E-state index in [4.69, 9.17) is 9.15 Å². The lowest BCUT2D eigenvalue weighted by atomic mass is 9.99. The van der Waals surface area contributed by atoms with E-state index in [0.717, 1.165) is 10.5 Å². The van der Waals surface area contributed by atoms with Crippen molar-refractivity contribution in [3.05, 3.63) is 54.0 Å². The van der Waals surface area contributed by atoms with E-state index in [2.05, 4.69) is 5.32 Å². The first-order chi connectivity index (χ1) is 11.0. The molecule has 23 heavy (non-hydrogen) atoms. The Hall–Kier alpha value is -2.76. The molecule has 1 atom stereocenters. The van der Waals surface area contributed by atoms with Gasteiger partial charge in [-0.1, -0.05) is 12.1 Å². The van der Waals surface area contributed by atoms with Gasteiger partial charge in [-0.2, -0.15) is 0 Å². The number of nitrogens with zero attached hydrogens (tertiary/aromatic N) is 1. The van der Waals surface area contributed by atoms with Crippen LogP contribution in [0.15, 0.2) is 47.1 Å². The Morgan fingerprint density at radius 3 is 2.78 bits per heavy atom. The summed E-state index contributed by atoms with van der Waals surface area (Å²) in [6.45, 7) is 4.01. The van der Waals surface area contributed by atoms with E-state index in [0.29, 0.717) is 11.5 Å². The van der Waals surface area contributed by atoms with Gasteiger partial charge in [0.25, 0.3) is 5.91 Å². The number of amides is 3. The zero-order chi connectivity index (χ0) is 16.4. The highest BCUT2D eigenvalue weighted by Crippen LogP contribution is 2.28. The maximum Gasteiger partial charge on any atom is 0.325 e. The lowest BCUT2D eigenvalue weighted by Crippen LogP contribution is -2.41. The molecule has 1 aromatic heterocycles. The van der Waals surface area contributed by atoms with Crippen molar-refractivity contribution >= 4 is 11.9 Å². The highest BCUT2D eigenvalue weighted by molar-refractivity contribution is 6.06. The zero-order valence-electron chi connectivity index (χ0n) is 13.0. The average Bonchev–Trinajstić information content (AvgIpc) is 3.11. The van der Waals surface area contributed by atoms with E-state index in [-0.39, 0.29) is 19.1 Å². The normalized spacial score (nSPS) is 20.7. The molecule has 2 heterocycles. The van der Waals surface area contributed by atoms with Gasteiger partial charge in [0.05, 0.1) is 12.8 Å². The second-order valence-corrected chi connectivity index (χ2v) is 5.65. The van der Waals surface area contributed by atoms with Crippen molar-refractivity contribution in [3.8, 4) is 5.75 Å². The van der Waals surface area contributed by atoms with Crippen LogP contribution in [0.3, 0.4) is 0 Å². The summed E-state index contributed by atoms with van der Waals surface area (Å²) < 4.78 is 10.9. The molecule has 0 saturated carbocycles. The van der Waals surface area contributed by atoms with Crippen LogP contribution in [0, 0.1) is 6.92 Å². The Morgan fingerprint density at radius 2 is 2.09 bits per heavy atom. The van der Waals surface area contributed by atoms with Gasteiger partial charge in [-0.05, 0) is 43.7 Å². The van der Waals surface area contributed by atoms with Crippen molar-refractivity contribution in [3.63, 3.8) is 0 Å². The van der Waals surface area contributed by atoms with Crippen LogP contribution in [0.4, 0.5) is 4.79 Å². The number of nitrogens with one attached hydrogen (secondary N) is 1. The molecule has 6 heteroatoms. The third-order valence-electron chi connectivity index (χ3n) is 3.86. The van der Waals surface area contributed by atoms with Crippen molar-refractivity contribution < 1.29 is 18.7 Å². The fourth-order valence-corrected chi connectivity index (χ4v) is 2.59. The van der Waals surface area contributed by atoms with Gasteiger partial charge in [0, 0.05) is 0 Å². The Labute approximate surface area is 134 Å². The van der Waals surface area contributed by atoms with Crippen LogP contribution in [0.5, 0.6) is 5.75 Å². The van der Waals surface area contributed by atoms with Gasteiger partial charge < -0.3 is 14.5 Å². The Kier molecular flexibility index (Phi) is 3.82. The van der Waals surface area contributed by atoms with E-state index in [9.17, 15) is 9.59 Å². The van der Waals surface area contributed by atoms with E-state index in [1.807, 2.05) is 31.2 Å². The molecular weight excluding hydrogens is 296 g/mol. The van der Waals surface area contributed by atoms with Crippen LogP contribution in [0.25, 0.3) is 0 Å². The number of carbonyl (C=O) groups excluding carboxylic acids is 2. The van der Waals surface area contributed by atoms with Crippen LogP contribution >= 0.6 is 0 Å². The summed E-state index contributed by atoms with van der Waals surface area (Å²) in [7, 11) is 0. The van der Waals surface area contributed by atoms with Crippen molar-refractivity contribution in [2.75, 3.05) is 13.2 Å². The third-order valence-corrected chi connectivity index (χ3v) is 3.86. The molecule has 0 aliphatic carbocycles. The van der Waals surface area contributed by atoms with Crippen LogP contribution in [-0.4, -0.2) is 30.0 Å². The molecule has 0 bridgehead atoms. The van der Waals surface area contributed by atoms with E-state index >= 15 is 0 Å². The van der Waals surface area contributed by atoms with Gasteiger partial charge in [-0.15, -0.1) is 0 Å². The Morgan fingerprint density at radius 1 is 1.26 bits per heavy atom. The molecule has 1 N–H and O–H groups in total. The third kappa shape index (κ3) is 2.79. The monoisotopic (exact) mass is 314 g/mol. The lowest BCUT2D eigenvalue weighted by Gasteiger charge is -2.19. The highest BCUT2D eigenvalue weighted by Gasteiger charge is 2.50. The van der Waals surface area contributed by atoms with Crippen LogP contribution < -0.4 is 10.1 Å². The molecule has 1 aliphatic heterocycles. The molecule has 0 spiro atoms. The van der Waals surface area contributed by atoms with Gasteiger partial charge in [-0.3, -0.25) is 9.69 Å². The van der Waals surface area contributed by atoms with Gasteiger partial charge >= 0.3 is 6.03 Å². The number of hydrogen-bond donors (Lipinski definition) is 1. The molecule has 6 nitrogen and oxygen atoms in total. The van der Waals surface area contributed by atoms with E-state index in [1.54, 1.807) is 19.1 Å². The smallest absolute Gasteiger partial charge is 0.325 e. The topological polar surface area (TPSA) is 71.8 Å². The minimum Gasteiger partial charge on any atom is -0.492 e. The highest BCUT2D eigenvalue weighted by atomic mass is 16.5. The van der Waals surface area contributed by atoms with Gasteiger partial charge in [0.15, 0.2) is 5.54 Å². The average molecular weight is 314 g/mol. The largest absolute Gasteiger partial charge is 0.492 e. The number of furan rings is 1. The fourth-order valence-electron chi connectivity index (χ4n) is 2.59. The molecule has 3 rings (SSSR count). The number of ether oxygens (including phenoxy) is 1. The predicted molar refractivity (Wildman–Crippen MR) is 83.0 cm³/mol. The molecule has 1 saturated heterocycles. The predicted octanol–water partition coefficient (Wildman–Crippen LogP) is 2.43. The maximum absolute atomic E-state index is 12.6. The molecule has 120 valence electrons. The summed E-state index contributed by atoms with van der Waals surface area (Å²) in [6.07, 6.45) is 1.48. The molecule has 1 aliphatic rings. The number of benzene rings is 1. The SMILES string of the molecule is Cc1cccc(OCCN2C(=O)NC(C)(c3ccco3)C2=O)c1. The van der Waals surface area contributed by atoms with Crippen LogP contribution in [0.2, 0.25) is 0 Å². The van der Waals surface area contributed by atoms with Crippen LogP contribution in [0.1, 0.15) is 18.2 Å². The van der Waals surface area contributed by atoms with Crippen LogP contribution in [-0.2, 0) is 10.3 Å². The summed E-state index contributed by atoms with van der Waals surface area (Å²) >= 11 is 0. The molecule has 1 fully saturated rings. The number of carbonyl (C=O) groups is 2. The number of rotatable bonds is 5. The van der Waals surface area contributed by atoms with Crippen molar-refractivity contribution in [2.24, 2.45) is 0 Å². The first-order valence-corrected chi connectivity index (χ1v) is 7.38. The maximum atomic E-state index is 12.6. The van der Waals surface area contributed by atoms with E-state index < -0.39 is 11.6 Å². The Bertz CT molecular complexity index is 726. The van der Waals surface area contributed by atoms with Gasteiger partial charge in [-0.25, -0.2) is 4.79 Å².